The molecule has 0 aromatic rings. The first-order valence-electron chi connectivity index (χ1n) is 10.5. The van der Waals surface area contributed by atoms with Gasteiger partial charge in [-0.15, -0.1) is 0 Å². The van der Waals surface area contributed by atoms with Crippen LogP contribution in [0, 0.1) is 0 Å². The molecule has 0 heterocycles. The molecule has 25 heavy (non-hydrogen) atoms. The number of hydrogen-bond donors (Lipinski definition) is 2. The third-order valence-electron chi connectivity index (χ3n) is 5.15. The molecule has 2 N–H and O–H groups in total. The molecular formula is C22H38O3. The molecule has 3 nitrogen and oxygen atoms in total. The average Bonchev–Trinajstić information content (AvgIpc) is 2.58. The summed E-state index contributed by atoms with van der Waals surface area (Å²) >= 11 is 0. The van der Waals surface area contributed by atoms with Gasteiger partial charge < -0.3 is 10.2 Å². The Kier molecular flexibility index (Phi) is 12.2. The number of rotatable bonds is 15. The SMILES string of the molecule is CCCCCCCCCCCCCCCC1=CCCC(O)=C1C(=O)O. The zero-order chi connectivity index (χ0) is 18.3. The summed E-state index contributed by atoms with van der Waals surface area (Å²) in [6, 6.07) is 0. The Morgan fingerprint density at radius 1 is 0.880 bits per heavy atom. The predicted molar refractivity (Wildman–Crippen MR) is 105 cm³/mol. The van der Waals surface area contributed by atoms with E-state index in [0.29, 0.717) is 6.42 Å². The second-order valence-electron chi connectivity index (χ2n) is 7.39. The lowest BCUT2D eigenvalue weighted by molar-refractivity contribution is -0.132. The fourth-order valence-corrected chi connectivity index (χ4v) is 3.62. The van der Waals surface area contributed by atoms with Gasteiger partial charge in [-0.3, -0.25) is 0 Å². The molecule has 1 rings (SSSR count). The van der Waals surface area contributed by atoms with Gasteiger partial charge in [-0.1, -0.05) is 90.0 Å². The molecule has 0 radical (unpaired) electrons. The maximum absolute atomic E-state index is 11.3. The van der Waals surface area contributed by atoms with Gasteiger partial charge in [-0.2, -0.15) is 0 Å². The Morgan fingerprint density at radius 3 is 1.84 bits per heavy atom. The van der Waals surface area contributed by atoms with E-state index in [2.05, 4.69) is 6.92 Å². The molecule has 0 fully saturated rings. The van der Waals surface area contributed by atoms with Crippen LogP contribution in [0.15, 0.2) is 23.0 Å². The van der Waals surface area contributed by atoms with Crippen molar-refractivity contribution in [3.63, 3.8) is 0 Å². The van der Waals surface area contributed by atoms with E-state index < -0.39 is 5.97 Å². The quantitative estimate of drug-likeness (QED) is 0.310. The molecule has 0 saturated heterocycles. The fourth-order valence-electron chi connectivity index (χ4n) is 3.62. The molecule has 1 aliphatic rings. The summed E-state index contributed by atoms with van der Waals surface area (Å²) in [7, 11) is 0. The van der Waals surface area contributed by atoms with Crippen molar-refractivity contribution < 1.29 is 15.0 Å². The maximum atomic E-state index is 11.3. The Bertz CT molecular complexity index is 435. The van der Waals surface area contributed by atoms with Crippen LogP contribution in [-0.4, -0.2) is 16.2 Å². The van der Waals surface area contributed by atoms with Crippen LogP contribution in [0.4, 0.5) is 0 Å². The second kappa shape index (κ2) is 14.0. The van der Waals surface area contributed by atoms with Crippen LogP contribution in [0.5, 0.6) is 0 Å². The molecule has 0 aromatic carbocycles. The summed E-state index contributed by atoms with van der Waals surface area (Å²) in [6.07, 6.45) is 21.1. The van der Waals surface area contributed by atoms with Gasteiger partial charge in [0.1, 0.15) is 5.76 Å². The summed E-state index contributed by atoms with van der Waals surface area (Å²) < 4.78 is 0. The fraction of sp³-hybridized carbons (Fsp3) is 0.773. The van der Waals surface area contributed by atoms with Crippen LogP contribution in [0.1, 0.15) is 110 Å². The Hall–Kier alpha value is -1.25. The van der Waals surface area contributed by atoms with Gasteiger partial charge in [0.05, 0.1) is 5.57 Å². The van der Waals surface area contributed by atoms with Crippen LogP contribution in [-0.2, 0) is 4.79 Å². The highest BCUT2D eigenvalue weighted by molar-refractivity contribution is 5.92. The van der Waals surface area contributed by atoms with Crippen molar-refractivity contribution in [2.45, 2.75) is 110 Å². The van der Waals surface area contributed by atoms with Crippen LogP contribution in [0.2, 0.25) is 0 Å². The smallest absolute Gasteiger partial charge is 0.339 e. The summed E-state index contributed by atoms with van der Waals surface area (Å²) in [5, 5.41) is 19.0. The average molecular weight is 351 g/mol. The number of allylic oxidation sites excluding steroid dienone is 2. The minimum atomic E-state index is -0.988. The number of carboxylic acid groups (broad SMARTS) is 1. The lowest BCUT2D eigenvalue weighted by Gasteiger charge is -2.15. The van der Waals surface area contributed by atoms with Crippen molar-refractivity contribution in [2.24, 2.45) is 0 Å². The first-order chi connectivity index (χ1) is 12.2. The Morgan fingerprint density at radius 2 is 1.36 bits per heavy atom. The molecule has 3 heteroatoms. The van der Waals surface area contributed by atoms with Crippen LogP contribution < -0.4 is 0 Å². The zero-order valence-electron chi connectivity index (χ0n) is 16.2. The third kappa shape index (κ3) is 9.72. The van der Waals surface area contributed by atoms with E-state index in [4.69, 9.17) is 0 Å². The Balaban J connectivity index is 1.97. The molecular weight excluding hydrogens is 312 g/mol. The van der Waals surface area contributed by atoms with Gasteiger partial charge in [0.15, 0.2) is 0 Å². The second-order valence-corrected chi connectivity index (χ2v) is 7.39. The first-order valence-corrected chi connectivity index (χ1v) is 10.5. The van der Waals surface area contributed by atoms with E-state index in [9.17, 15) is 15.0 Å². The summed E-state index contributed by atoms with van der Waals surface area (Å²) in [4.78, 5) is 11.3. The Labute approximate surface area is 154 Å². The van der Waals surface area contributed by atoms with E-state index in [1.807, 2.05) is 6.08 Å². The van der Waals surface area contributed by atoms with E-state index in [0.717, 1.165) is 31.3 Å². The molecule has 0 saturated carbocycles. The van der Waals surface area contributed by atoms with E-state index in [1.165, 1.54) is 70.6 Å². The minimum absolute atomic E-state index is 0.0553. The van der Waals surface area contributed by atoms with Gasteiger partial charge in [-0.05, 0) is 24.8 Å². The van der Waals surface area contributed by atoms with Gasteiger partial charge >= 0.3 is 5.97 Å². The third-order valence-corrected chi connectivity index (χ3v) is 5.15. The summed E-state index contributed by atoms with van der Waals surface area (Å²) in [5.41, 5.74) is 0.990. The number of carbonyl (C=O) groups is 1. The number of aliphatic hydroxyl groups is 1. The van der Waals surface area contributed by atoms with Gasteiger partial charge in [-0.25, -0.2) is 4.79 Å². The number of unbranched alkanes of at least 4 members (excludes halogenated alkanes) is 12. The van der Waals surface area contributed by atoms with Crippen LogP contribution in [0.3, 0.4) is 0 Å². The summed E-state index contributed by atoms with van der Waals surface area (Å²) in [6.45, 7) is 2.26. The standard InChI is InChI=1S/C22H38O3/c1-2-3-4-5-6-7-8-9-10-11-12-13-14-16-19-17-15-18-20(23)21(19)22(24)25/h17,23H,2-16,18H2,1H3,(H,24,25). The number of hydrogen-bond acceptors (Lipinski definition) is 2. The van der Waals surface area contributed by atoms with Crippen LogP contribution in [0.25, 0.3) is 0 Å². The molecule has 0 aliphatic heterocycles. The first kappa shape index (κ1) is 21.8. The van der Waals surface area contributed by atoms with Crippen LogP contribution >= 0.6 is 0 Å². The van der Waals surface area contributed by atoms with Crippen molar-refractivity contribution in [1.82, 2.24) is 0 Å². The minimum Gasteiger partial charge on any atom is -0.511 e. The highest BCUT2D eigenvalue weighted by Crippen LogP contribution is 2.28. The maximum Gasteiger partial charge on any atom is 0.339 e. The van der Waals surface area contributed by atoms with E-state index in [-0.39, 0.29) is 11.3 Å². The molecule has 0 spiro atoms. The summed E-state index contributed by atoms with van der Waals surface area (Å²) in [5.74, 6) is -0.933. The number of aliphatic carboxylic acids is 1. The highest BCUT2D eigenvalue weighted by atomic mass is 16.4. The molecule has 0 bridgehead atoms. The molecule has 144 valence electrons. The normalized spacial score (nSPS) is 14.7. The van der Waals surface area contributed by atoms with Crippen molar-refractivity contribution in [1.29, 1.82) is 0 Å². The van der Waals surface area contributed by atoms with Gasteiger partial charge in [0.2, 0.25) is 0 Å². The molecule has 0 atom stereocenters. The van der Waals surface area contributed by atoms with Crippen molar-refractivity contribution in [3.05, 3.63) is 23.0 Å². The zero-order valence-corrected chi connectivity index (χ0v) is 16.2. The molecule has 0 aromatic heterocycles. The molecule has 0 unspecified atom stereocenters. The largest absolute Gasteiger partial charge is 0.511 e. The molecule has 1 aliphatic carbocycles. The lowest BCUT2D eigenvalue weighted by atomic mass is 9.92. The van der Waals surface area contributed by atoms with Crippen molar-refractivity contribution >= 4 is 5.97 Å². The lowest BCUT2D eigenvalue weighted by Crippen LogP contribution is -2.11. The number of carboxylic acids is 1. The van der Waals surface area contributed by atoms with Crippen molar-refractivity contribution in [2.75, 3.05) is 0 Å². The van der Waals surface area contributed by atoms with Crippen molar-refractivity contribution in [3.8, 4) is 0 Å². The highest BCUT2D eigenvalue weighted by Gasteiger charge is 2.21. The van der Waals surface area contributed by atoms with Gasteiger partial charge in [0.25, 0.3) is 0 Å². The number of aliphatic hydroxyl groups excluding tert-OH is 1. The molecule has 0 amide bonds. The van der Waals surface area contributed by atoms with E-state index in [1.54, 1.807) is 0 Å². The van der Waals surface area contributed by atoms with E-state index >= 15 is 0 Å². The predicted octanol–water partition coefficient (Wildman–Crippen LogP) is 7.08. The topological polar surface area (TPSA) is 57.5 Å². The van der Waals surface area contributed by atoms with Gasteiger partial charge in [0, 0.05) is 6.42 Å². The monoisotopic (exact) mass is 350 g/mol.